The maximum atomic E-state index is 4.98. The summed E-state index contributed by atoms with van der Waals surface area (Å²) in [4.78, 5) is 14.8. The third-order valence-electron chi connectivity index (χ3n) is 11.3. The van der Waals surface area contributed by atoms with E-state index in [2.05, 4.69) is 164 Å². The summed E-state index contributed by atoms with van der Waals surface area (Å²) >= 11 is 1.85. The summed E-state index contributed by atoms with van der Waals surface area (Å²) in [7, 11) is 0. The lowest BCUT2D eigenvalue weighted by Crippen LogP contribution is -2.00. The van der Waals surface area contributed by atoms with Gasteiger partial charge in [0.25, 0.3) is 0 Å². The molecule has 0 amide bonds. The summed E-state index contributed by atoms with van der Waals surface area (Å²) < 4.78 is 2.54. The fourth-order valence-electron chi connectivity index (χ4n) is 8.25. The largest absolute Gasteiger partial charge is 0.208 e. The van der Waals surface area contributed by atoms with E-state index < -0.39 is 0 Å². The number of thiophene rings is 1. The molecule has 0 saturated carbocycles. The van der Waals surface area contributed by atoms with Gasteiger partial charge < -0.3 is 0 Å². The van der Waals surface area contributed by atoms with Gasteiger partial charge in [-0.05, 0) is 98.1 Å². The highest BCUT2D eigenvalue weighted by Crippen LogP contribution is 2.44. The normalized spacial score (nSPS) is 11.3. The van der Waals surface area contributed by atoms with Crippen LogP contribution in [0.4, 0.5) is 0 Å². The predicted octanol–water partition coefficient (Wildman–Crippen LogP) is 15.6. The number of nitrogens with zero attached hydrogens (tertiary/aromatic N) is 3. The number of aromatic nitrogens is 3. The highest BCUT2D eigenvalue weighted by Gasteiger charge is 2.17. The van der Waals surface area contributed by atoms with Gasteiger partial charge in [0.1, 0.15) is 0 Å². The first kappa shape index (κ1) is 36.3. The van der Waals surface area contributed by atoms with E-state index in [1.807, 2.05) is 72.0 Å². The Kier molecular flexibility index (Phi) is 9.38. The van der Waals surface area contributed by atoms with Crippen LogP contribution >= 0.6 is 11.3 Å². The van der Waals surface area contributed by atoms with Gasteiger partial charge in [-0.1, -0.05) is 182 Å². The topological polar surface area (TPSA) is 38.7 Å². The molecule has 11 aromatic rings. The minimum atomic E-state index is 0.642. The molecule has 2 aromatic heterocycles. The standard InChI is InChI=1S/C57H37N3S/c1-5-16-38(17-6-1)46-33-47(39-18-7-2-8-19-39)35-48(34-46)44-24-15-25-45(32-44)51-36-49(37-53-54(51)50-26-13-14-27-52(50)61-53)40-28-30-43(31-29-40)57-59-55(41-20-9-3-10-21-41)58-56(60-57)42-22-11-4-12-23-42/h1-37H. The monoisotopic (exact) mass is 795 g/mol. The molecule has 9 aromatic carbocycles. The Balaban J connectivity index is 1.02. The zero-order valence-corrected chi connectivity index (χ0v) is 33.9. The van der Waals surface area contributed by atoms with Crippen LogP contribution in [0.3, 0.4) is 0 Å². The summed E-state index contributed by atoms with van der Waals surface area (Å²) in [5.41, 5.74) is 14.7. The Bertz CT molecular complexity index is 3210. The lowest BCUT2D eigenvalue weighted by Gasteiger charge is -2.14. The van der Waals surface area contributed by atoms with E-state index in [0.29, 0.717) is 17.5 Å². The summed E-state index contributed by atoms with van der Waals surface area (Å²) in [6, 6.07) is 79.7. The molecule has 0 aliphatic rings. The second-order valence-corrected chi connectivity index (χ2v) is 16.3. The van der Waals surface area contributed by atoms with Gasteiger partial charge in [-0.15, -0.1) is 11.3 Å². The van der Waals surface area contributed by atoms with E-state index in [4.69, 9.17) is 15.0 Å². The fraction of sp³-hybridized carbons (Fsp3) is 0. The molecule has 61 heavy (non-hydrogen) atoms. The number of hydrogen-bond donors (Lipinski definition) is 0. The maximum absolute atomic E-state index is 4.98. The molecule has 0 bridgehead atoms. The first-order chi connectivity index (χ1) is 30.2. The van der Waals surface area contributed by atoms with Crippen LogP contribution in [0.1, 0.15) is 0 Å². The molecular formula is C57H37N3S. The second-order valence-electron chi connectivity index (χ2n) is 15.2. The van der Waals surface area contributed by atoms with Crippen molar-refractivity contribution in [3.8, 4) is 89.8 Å². The quantitative estimate of drug-likeness (QED) is 0.154. The molecule has 0 aliphatic heterocycles. The minimum Gasteiger partial charge on any atom is -0.208 e. The van der Waals surface area contributed by atoms with E-state index in [0.717, 1.165) is 27.8 Å². The fourth-order valence-corrected chi connectivity index (χ4v) is 9.42. The van der Waals surface area contributed by atoms with Crippen LogP contribution in [0.25, 0.3) is 110 Å². The van der Waals surface area contributed by atoms with E-state index in [-0.39, 0.29) is 0 Å². The van der Waals surface area contributed by atoms with Gasteiger partial charge in [0.05, 0.1) is 0 Å². The van der Waals surface area contributed by atoms with Gasteiger partial charge in [-0.3, -0.25) is 0 Å². The Labute approximate surface area is 359 Å². The highest BCUT2D eigenvalue weighted by molar-refractivity contribution is 7.26. The van der Waals surface area contributed by atoms with Crippen molar-refractivity contribution in [3.05, 3.63) is 224 Å². The lowest BCUT2D eigenvalue weighted by atomic mass is 9.90. The van der Waals surface area contributed by atoms with Gasteiger partial charge in [0.2, 0.25) is 0 Å². The molecule has 4 heteroatoms. The van der Waals surface area contributed by atoms with Crippen LogP contribution < -0.4 is 0 Å². The Morgan fingerprint density at radius 1 is 0.246 bits per heavy atom. The lowest BCUT2D eigenvalue weighted by molar-refractivity contribution is 1.07. The SMILES string of the molecule is c1ccc(-c2cc(-c3ccccc3)cc(-c3cccc(-c4cc(-c5ccc(-c6nc(-c7ccccc7)nc(-c7ccccc7)n6)cc5)cc5sc6ccccc6c45)c3)c2)cc1. The zero-order chi connectivity index (χ0) is 40.5. The molecule has 0 N–H and O–H groups in total. The highest BCUT2D eigenvalue weighted by atomic mass is 32.1. The number of benzene rings is 9. The molecule has 0 atom stereocenters. The van der Waals surface area contributed by atoms with Gasteiger partial charge in [-0.2, -0.15) is 0 Å². The Hall–Kier alpha value is -7.79. The van der Waals surface area contributed by atoms with Crippen molar-refractivity contribution < 1.29 is 0 Å². The van der Waals surface area contributed by atoms with Crippen LogP contribution in [0.15, 0.2) is 224 Å². The summed E-state index contributed by atoms with van der Waals surface area (Å²) in [6.45, 7) is 0. The van der Waals surface area contributed by atoms with E-state index >= 15 is 0 Å². The first-order valence-corrected chi connectivity index (χ1v) is 21.3. The Morgan fingerprint density at radius 2 is 0.623 bits per heavy atom. The van der Waals surface area contributed by atoms with Gasteiger partial charge in [0, 0.05) is 36.9 Å². The van der Waals surface area contributed by atoms with Crippen LogP contribution in [-0.4, -0.2) is 15.0 Å². The molecule has 3 nitrogen and oxygen atoms in total. The molecule has 0 spiro atoms. The third-order valence-corrected chi connectivity index (χ3v) is 12.4. The van der Waals surface area contributed by atoms with Crippen molar-refractivity contribution in [3.63, 3.8) is 0 Å². The van der Waals surface area contributed by atoms with Crippen molar-refractivity contribution in [1.29, 1.82) is 0 Å². The number of rotatable bonds is 8. The smallest absolute Gasteiger partial charge is 0.164 e. The van der Waals surface area contributed by atoms with Crippen molar-refractivity contribution in [2.45, 2.75) is 0 Å². The molecule has 0 saturated heterocycles. The molecule has 0 unspecified atom stereocenters. The average molecular weight is 796 g/mol. The van der Waals surface area contributed by atoms with Crippen molar-refractivity contribution in [2.75, 3.05) is 0 Å². The molecule has 0 radical (unpaired) electrons. The Morgan fingerprint density at radius 3 is 1.18 bits per heavy atom. The third kappa shape index (κ3) is 7.20. The van der Waals surface area contributed by atoms with Crippen LogP contribution in [0.5, 0.6) is 0 Å². The van der Waals surface area contributed by atoms with Crippen molar-refractivity contribution in [1.82, 2.24) is 15.0 Å². The average Bonchev–Trinajstić information content (AvgIpc) is 3.73. The molecule has 2 heterocycles. The zero-order valence-electron chi connectivity index (χ0n) is 33.1. The van der Waals surface area contributed by atoms with Crippen LogP contribution in [-0.2, 0) is 0 Å². The van der Waals surface area contributed by atoms with E-state index in [1.54, 1.807) is 0 Å². The number of fused-ring (bicyclic) bond motifs is 3. The van der Waals surface area contributed by atoms with E-state index in [9.17, 15) is 0 Å². The maximum Gasteiger partial charge on any atom is 0.164 e. The van der Waals surface area contributed by atoms with Gasteiger partial charge in [-0.25, -0.2) is 15.0 Å². The van der Waals surface area contributed by atoms with E-state index in [1.165, 1.54) is 64.7 Å². The first-order valence-electron chi connectivity index (χ1n) is 20.5. The summed E-state index contributed by atoms with van der Waals surface area (Å²) in [5.74, 6) is 1.95. The number of hydrogen-bond acceptors (Lipinski definition) is 4. The van der Waals surface area contributed by atoms with Crippen molar-refractivity contribution >= 4 is 31.5 Å². The molecular weight excluding hydrogens is 759 g/mol. The minimum absolute atomic E-state index is 0.642. The summed E-state index contributed by atoms with van der Waals surface area (Å²) in [6.07, 6.45) is 0. The van der Waals surface area contributed by atoms with Crippen LogP contribution in [0, 0.1) is 0 Å². The van der Waals surface area contributed by atoms with Crippen molar-refractivity contribution in [2.24, 2.45) is 0 Å². The van der Waals surface area contributed by atoms with Gasteiger partial charge in [0.15, 0.2) is 17.5 Å². The second kappa shape index (κ2) is 15.8. The molecule has 0 fully saturated rings. The molecule has 0 aliphatic carbocycles. The molecule has 11 rings (SSSR count). The van der Waals surface area contributed by atoms with Crippen LogP contribution in [0.2, 0.25) is 0 Å². The predicted molar refractivity (Wildman–Crippen MR) is 256 cm³/mol. The molecule has 286 valence electrons. The summed E-state index contributed by atoms with van der Waals surface area (Å²) in [5, 5.41) is 2.56. The van der Waals surface area contributed by atoms with Gasteiger partial charge >= 0.3 is 0 Å².